The number of oxime groups is 1. The maximum absolute atomic E-state index is 6.87. The third-order valence-electron chi connectivity index (χ3n) is 8.99. The molecule has 0 saturated heterocycles. The Morgan fingerprint density at radius 1 is 0.906 bits per heavy atom. The Balaban J connectivity index is 1.64. The molecule has 0 radical (unpaired) electrons. The molecule has 0 aromatic heterocycles. The van der Waals surface area contributed by atoms with Gasteiger partial charge in [0.05, 0.1) is 11.8 Å². The number of hydrogen-bond acceptors (Lipinski definition) is 4. The minimum absolute atomic E-state index is 0.112. The first-order valence-electron chi connectivity index (χ1n) is 12.9. The van der Waals surface area contributed by atoms with Crippen LogP contribution in [0, 0.1) is 28.6 Å². The molecule has 0 aromatic carbocycles. The van der Waals surface area contributed by atoms with Crippen LogP contribution in [0.3, 0.4) is 0 Å². The number of allylic oxidation sites excluding steroid dienone is 1. The summed E-state index contributed by atoms with van der Waals surface area (Å²) in [5, 5.41) is 4.56. The molecule has 3 fully saturated rings. The van der Waals surface area contributed by atoms with Crippen LogP contribution in [0.5, 0.6) is 0 Å². The molecule has 0 heterocycles. The normalized spacial score (nSPS) is 43.3. The zero-order valence-corrected chi connectivity index (χ0v) is 24.1. The molecule has 3 saturated carbocycles. The minimum atomic E-state index is -1.65. The smallest absolute Gasteiger partial charge is 0.184 e. The lowest BCUT2D eigenvalue weighted by molar-refractivity contribution is -0.0538. The van der Waals surface area contributed by atoms with Gasteiger partial charge in [0, 0.05) is 17.9 Å². The summed E-state index contributed by atoms with van der Waals surface area (Å²) >= 11 is 0. The van der Waals surface area contributed by atoms with Crippen LogP contribution in [0.1, 0.15) is 58.8 Å². The Morgan fingerprint density at radius 3 is 2.19 bits per heavy atom. The summed E-state index contributed by atoms with van der Waals surface area (Å²) < 4.78 is 13.4. The summed E-state index contributed by atoms with van der Waals surface area (Å²) in [6.45, 7) is 19.0. The second-order valence-electron chi connectivity index (χ2n) is 13.4. The number of rotatable bonds is 5. The molecule has 7 atom stereocenters. The van der Waals surface area contributed by atoms with Gasteiger partial charge in [-0.15, -0.1) is 0 Å². The molecule has 0 amide bonds. The number of fused-ring (bicyclic) bond motifs is 5. The predicted molar refractivity (Wildman–Crippen MR) is 138 cm³/mol. The molecular weight excluding hydrogens is 430 g/mol. The minimum Gasteiger partial charge on any atom is -0.414 e. The van der Waals surface area contributed by atoms with E-state index in [-0.39, 0.29) is 5.41 Å². The van der Waals surface area contributed by atoms with Crippen molar-refractivity contribution in [3.8, 4) is 0 Å². The van der Waals surface area contributed by atoms with Crippen LogP contribution < -0.4 is 0 Å². The van der Waals surface area contributed by atoms with Crippen molar-refractivity contribution in [1.82, 2.24) is 0 Å². The van der Waals surface area contributed by atoms with Gasteiger partial charge in [0.1, 0.15) is 7.11 Å². The Hall–Kier alpha value is -0.436. The monoisotopic (exact) mass is 477 g/mol. The van der Waals surface area contributed by atoms with Crippen molar-refractivity contribution in [2.45, 2.75) is 110 Å². The van der Waals surface area contributed by atoms with Crippen LogP contribution in [0.25, 0.3) is 0 Å². The highest BCUT2D eigenvalue weighted by Gasteiger charge is 2.62. The second kappa shape index (κ2) is 8.35. The van der Waals surface area contributed by atoms with Crippen molar-refractivity contribution in [3.05, 3.63) is 11.6 Å². The molecule has 0 bridgehead atoms. The highest BCUT2D eigenvalue weighted by atomic mass is 28.4. The van der Waals surface area contributed by atoms with E-state index in [0.717, 1.165) is 18.8 Å². The Morgan fingerprint density at radius 2 is 1.56 bits per heavy atom. The quantitative estimate of drug-likeness (QED) is 0.243. The van der Waals surface area contributed by atoms with Crippen LogP contribution in [-0.2, 0) is 13.7 Å². The second-order valence-corrected chi connectivity index (χ2v) is 22.3. The fourth-order valence-corrected chi connectivity index (χ4v) is 10.2. The van der Waals surface area contributed by atoms with Gasteiger partial charge in [-0.05, 0) is 101 Å². The predicted octanol–water partition coefficient (Wildman–Crippen LogP) is 7.00. The number of nitrogens with zero attached hydrogens (tertiary/aromatic N) is 1. The van der Waals surface area contributed by atoms with Crippen LogP contribution in [0.4, 0.5) is 0 Å². The van der Waals surface area contributed by atoms with Crippen LogP contribution in [0.15, 0.2) is 16.8 Å². The molecule has 6 heteroatoms. The van der Waals surface area contributed by atoms with Gasteiger partial charge < -0.3 is 13.7 Å². The fourth-order valence-electron chi connectivity index (χ4n) is 7.88. The Bertz CT molecular complexity index is 783. The van der Waals surface area contributed by atoms with Gasteiger partial charge >= 0.3 is 0 Å². The average Bonchev–Trinajstić information content (AvgIpc) is 2.91. The van der Waals surface area contributed by atoms with Crippen LogP contribution in [0.2, 0.25) is 39.3 Å². The lowest BCUT2D eigenvalue weighted by Crippen LogP contribution is -2.53. The lowest BCUT2D eigenvalue weighted by Gasteiger charge is -2.58. The first-order chi connectivity index (χ1) is 14.8. The Kier molecular flexibility index (Phi) is 6.44. The molecule has 32 heavy (non-hydrogen) atoms. The van der Waals surface area contributed by atoms with E-state index in [1.54, 1.807) is 12.7 Å². The molecule has 0 spiro atoms. The molecule has 0 aromatic rings. The van der Waals surface area contributed by atoms with Gasteiger partial charge in [-0.2, -0.15) is 0 Å². The maximum Gasteiger partial charge on any atom is 0.184 e. The zero-order chi connectivity index (χ0) is 23.5. The number of hydrogen-bond donors (Lipinski definition) is 0. The van der Waals surface area contributed by atoms with E-state index < -0.39 is 16.6 Å². The average molecular weight is 478 g/mol. The summed E-state index contributed by atoms with van der Waals surface area (Å²) in [6, 6.07) is 0. The standard InChI is InChI=1S/C26H47NO3Si2/c1-25-14-12-19(29-31(4,5)6)16-18(25)10-11-20-21(25)13-15-26(2)23(27-28-3)17-22(24(20)26)30-32(7,8)9/h10,19-22,24H,11-17H2,1-9H3/t19-,20?,21?,22-,24?,25-,26+/m0/s1. The van der Waals surface area contributed by atoms with E-state index in [2.05, 4.69) is 64.4 Å². The summed E-state index contributed by atoms with van der Waals surface area (Å²) in [5.41, 5.74) is 3.39. The van der Waals surface area contributed by atoms with Crippen molar-refractivity contribution in [2.24, 2.45) is 33.7 Å². The van der Waals surface area contributed by atoms with Gasteiger partial charge in [-0.1, -0.05) is 30.7 Å². The molecule has 4 aliphatic rings. The first kappa shape index (κ1) is 24.7. The fraction of sp³-hybridized carbons (Fsp3) is 0.885. The summed E-state index contributed by atoms with van der Waals surface area (Å²) in [6.07, 6.45) is 11.6. The van der Waals surface area contributed by atoms with Gasteiger partial charge in [0.2, 0.25) is 0 Å². The maximum atomic E-state index is 6.87. The van der Waals surface area contributed by atoms with E-state index in [9.17, 15) is 0 Å². The molecule has 3 unspecified atom stereocenters. The van der Waals surface area contributed by atoms with Gasteiger partial charge in [0.15, 0.2) is 16.6 Å². The van der Waals surface area contributed by atoms with E-state index in [1.165, 1.54) is 37.8 Å². The zero-order valence-electron chi connectivity index (χ0n) is 22.1. The van der Waals surface area contributed by atoms with Crippen LogP contribution >= 0.6 is 0 Å². The molecule has 0 N–H and O–H groups in total. The molecule has 4 aliphatic carbocycles. The molecule has 4 nitrogen and oxygen atoms in total. The lowest BCUT2D eigenvalue weighted by atomic mass is 9.48. The van der Waals surface area contributed by atoms with Crippen molar-refractivity contribution in [3.63, 3.8) is 0 Å². The van der Waals surface area contributed by atoms with Crippen LogP contribution in [-0.4, -0.2) is 41.7 Å². The summed E-state index contributed by atoms with van der Waals surface area (Å²) in [4.78, 5) is 5.33. The summed E-state index contributed by atoms with van der Waals surface area (Å²) in [7, 11) is -1.45. The van der Waals surface area contributed by atoms with Gasteiger partial charge in [-0.3, -0.25) is 0 Å². The summed E-state index contributed by atoms with van der Waals surface area (Å²) in [5.74, 6) is 1.98. The molecule has 4 rings (SSSR count). The van der Waals surface area contributed by atoms with Crippen molar-refractivity contribution < 1.29 is 13.7 Å². The molecular formula is C26H47NO3Si2. The Labute approximate surface area is 198 Å². The highest BCUT2D eigenvalue weighted by Crippen LogP contribution is 2.65. The topological polar surface area (TPSA) is 40.0 Å². The van der Waals surface area contributed by atoms with Crippen molar-refractivity contribution >= 4 is 22.3 Å². The van der Waals surface area contributed by atoms with Crippen molar-refractivity contribution in [2.75, 3.05) is 7.11 Å². The van der Waals surface area contributed by atoms with Crippen molar-refractivity contribution in [1.29, 1.82) is 0 Å². The SMILES string of the molecule is CON=C1C[C@H](O[Si](C)(C)C)C2C3CC=C4C[C@@H](O[Si](C)(C)C)CC[C@]4(C)C3CC[C@]12C. The third-order valence-corrected chi connectivity index (χ3v) is 11.0. The van der Waals surface area contributed by atoms with E-state index >= 15 is 0 Å². The van der Waals surface area contributed by atoms with E-state index in [0.29, 0.717) is 29.5 Å². The molecule has 182 valence electrons. The highest BCUT2D eigenvalue weighted by molar-refractivity contribution is 6.70. The largest absolute Gasteiger partial charge is 0.414 e. The first-order valence-corrected chi connectivity index (χ1v) is 19.7. The van der Waals surface area contributed by atoms with Gasteiger partial charge in [-0.25, -0.2) is 0 Å². The van der Waals surface area contributed by atoms with E-state index in [1.807, 2.05) is 0 Å². The molecule has 0 aliphatic heterocycles. The van der Waals surface area contributed by atoms with Gasteiger partial charge in [0.25, 0.3) is 0 Å². The third kappa shape index (κ3) is 4.46. The van der Waals surface area contributed by atoms with E-state index in [4.69, 9.17) is 13.7 Å².